The molecule has 1 atom stereocenters. The number of nitrogens with zero attached hydrogens (tertiary/aromatic N) is 3. The van der Waals surface area contributed by atoms with Crippen LogP contribution in [-0.4, -0.2) is 27.5 Å². The van der Waals surface area contributed by atoms with Gasteiger partial charge in [-0.15, -0.1) is 0 Å². The van der Waals surface area contributed by atoms with Crippen LogP contribution in [0.5, 0.6) is 0 Å². The first-order valence-electron chi connectivity index (χ1n) is 7.61. The summed E-state index contributed by atoms with van der Waals surface area (Å²) < 4.78 is 1.92. The lowest BCUT2D eigenvalue weighted by Gasteiger charge is -2.26. The Kier molecular flexibility index (Phi) is 5.66. The van der Waals surface area contributed by atoms with E-state index >= 15 is 0 Å². The Balaban J connectivity index is 2.05. The summed E-state index contributed by atoms with van der Waals surface area (Å²) in [5.41, 5.74) is 1.85. The minimum absolute atomic E-state index is 0.122. The van der Waals surface area contributed by atoms with E-state index in [0.717, 1.165) is 11.4 Å². The van der Waals surface area contributed by atoms with Gasteiger partial charge in [-0.2, -0.15) is 0 Å². The Morgan fingerprint density at radius 1 is 1.43 bits per heavy atom. The highest BCUT2D eigenvalue weighted by Gasteiger charge is 2.21. The maximum atomic E-state index is 12.5. The van der Waals surface area contributed by atoms with Gasteiger partial charge in [-0.05, 0) is 24.1 Å². The molecule has 0 fully saturated rings. The quantitative estimate of drug-likeness (QED) is 0.908. The van der Waals surface area contributed by atoms with E-state index in [9.17, 15) is 4.79 Å². The van der Waals surface area contributed by atoms with Crippen molar-refractivity contribution in [2.75, 3.05) is 7.05 Å². The zero-order valence-corrected chi connectivity index (χ0v) is 14.7. The molecule has 6 heteroatoms. The summed E-state index contributed by atoms with van der Waals surface area (Å²) in [6.45, 7) is 4.62. The summed E-state index contributed by atoms with van der Waals surface area (Å²) in [5.74, 6) is 0.242. The molecule has 0 aliphatic heterocycles. The van der Waals surface area contributed by atoms with Crippen LogP contribution in [0.1, 0.15) is 31.3 Å². The lowest BCUT2D eigenvalue weighted by atomic mass is 10.0. The standard InChI is InChI=1S/C17H23ClN4O/c1-12(2)16(15-7-5-6-8-19-15)20-17(23)22(4)11-14-9-13(18)10-21(14)3/h5-10,12,16H,11H2,1-4H3,(H,20,23)/t16-/m0/s1. The van der Waals surface area contributed by atoms with Crippen molar-refractivity contribution in [1.82, 2.24) is 19.8 Å². The molecule has 2 heterocycles. The maximum Gasteiger partial charge on any atom is 0.318 e. The number of amides is 2. The maximum absolute atomic E-state index is 12.5. The second-order valence-corrected chi connectivity index (χ2v) is 6.48. The van der Waals surface area contributed by atoms with E-state index in [-0.39, 0.29) is 18.0 Å². The number of carbonyl (C=O) groups is 1. The van der Waals surface area contributed by atoms with Crippen molar-refractivity contribution < 1.29 is 4.79 Å². The fourth-order valence-electron chi connectivity index (χ4n) is 2.42. The number of pyridine rings is 1. The SMILES string of the molecule is CC(C)[C@H](NC(=O)N(C)Cc1cc(Cl)cn1C)c1ccccn1. The summed E-state index contributed by atoms with van der Waals surface area (Å²) in [7, 11) is 3.68. The highest BCUT2D eigenvalue weighted by molar-refractivity contribution is 6.30. The van der Waals surface area contributed by atoms with Gasteiger partial charge in [0.05, 0.1) is 23.3 Å². The van der Waals surface area contributed by atoms with E-state index in [1.54, 1.807) is 18.1 Å². The Hall–Kier alpha value is -2.01. The number of hydrogen-bond acceptors (Lipinski definition) is 2. The summed E-state index contributed by atoms with van der Waals surface area (Å²) in [6, 6.07) is 7.34. The van der Waals surface area contributed by atoms with Crippen LogP contribution >= 0.6 is 11.6 Å². The predicted octanol–water partition coefficient (Wildman–Crippen LogP) is 3.61. The number of aryl methyl sites for hydroxylation is 1. The monoisotopic (exact) mass is 334 g/mol. The highest BCUT2D eigenvalue weighted by Crippen LogP contribution is 2.20. The summed E-state index contributed by atoms with van der Waals surface area (Å²) in [4.78, 5) is 18.5. The van der Waals surface area contributed by atoms with Gasteiger partial charge in [0.25, 0.3) is 0 Å². The molecule has 23 heavy (non-hydrogen) atoms. The lowest BCUT2D eigenvalue weighted by molar-refractivity contribution is 0.197. The molecular weight excluding hydrogens is 312 g/mol. The number of urea groups is 1. The molecule has 0 saturated heterocycles. The largest absolute Gasteiger partial charge is 0.351 e. The highest BCUT2D eigenvalue weighted by atomic mass is 35.5. The first-order chi connectivity index (χ1) is 10.9. The predicted molar refractivity (Wildman–Crippen MR) is 92.2 cm³/mol. The van der Waals surface area contributed by atoms with Gasteiger partial charge >= 0.3 is 6.03 Å². The molecule has 124 valence electrons. The molecule has 0 aromatic carbocycles. The first-order valence-corrected chi connectivity index (χ1v) is 7.99. The normalized spacial score (nSPS) is 12.3. The molecule has 0 aliphatic rings. The molecule has 2 rings (SSSR count). The number of halogens is 1. The first kappa shape index (κ1) is 17.3. The van der Waals surface area contributed by atoms with Crippen molar-refractivity contribution >= 4 is 17.6 Å². The summed E-state index contributed by atoms with van der Waals surface area (Å²) in [5, 5.41) is 3.73. The van der Waals surface area contributed by atoms with Crippen LogP contribution in [-0.2, 0) is 13.6 Å². The summed E-state index contributed by atoms with van der Waals surface area (Å²) >= 11 is 5.99. The van der Waals surface area contributed by atoms with E-state index in [2.05, 4.69) is 24.1 Å². The van der Waals surface area contributed by atoms with Gasteiger partial charge in [-0.3, -0.25) is 4.98 Å². The fraction of sp³-hybridized carbons (Fsp3) is 0.412. The molecule has 0 bridgehead atoms. The van der Waals surface area contributed by atoms with Gasteiger partial charge in [0.1, 0.15) is 0 Å². The van der Waals surface area contributed by atoms with Crippen molar-refractivity contribution in [3.8, 4) is 0 Å². The Morgan fingerprint density at radius 3 is 2.70 bits per heavy atom. The van der Waals surface area contributed by atoms with Gasteiger partial charge in [0, 0.05) is 32.2 Å². The molecule has 2 aromatic heterocycles. The Bertz CT molecular complexity index is 654. The van der Waals surface area contributed by atoms with E-state index in [1.165, 1.54) is 0 Å². The van der Waals surface area contributed by atoms with Crippen LogP contribution in [0.3, 0.4) is 0 Å². The van der Waals surface area contributed by atoms with Gasteiger partial charge < -0.3 is 14.8 Å². The molecule has 0 aliphatic carbocycles. The van der Waals surface area contributed by atoms with Gasteiger partial charge in [0.15, 0.2) is 0 Å². The van der Waals surface area contributed by atoms with Crippen LogP contribution in [0.15, 0.2) is 36.7 Å². The Morgan fingerprint density at radius 2 is 2.17 bits per heavy atom. The molecule has 2 amide bonds. The van der Waals surface area contributed by atoms with Crippen LogP contribution in [0.2, 0.25) is 5.02 Å². The van der Waals surface area contributed by atoms with Crippen molar-refractivity contribution in [2.24, 2.45) is 13.0 Å². The van der Waals surface area contributed by atoms with Crippen LogP contribution in [0.4, 0.5) is 4.79 Å². The van der Waals surface area contributed by atoms with Crippen molar-refractivity contribution in [1.29, 1.82) is 0 Å². The molecule has 0 saturated carbocycles. The van der Waals surface area contributed by atoms with Crippen molar-refractivity contribution in [3.05, 3.63) is 53.1 Å². The zero-order chi connectivity index (χ0) is 17.0. The minimum Gasteiger partial charge on any atom is -0.351 e. The van der Waals surface area contributed by atoms with E-state index in [0.29, 0.717) is 11.6 Å². The Labute approximate surface area is 142 Å². The topological polar surface area (TPSA) is 50.2 Å². The molecule has 5 nitrogen and oxygen atoms in total. The number of nitrogens with one attached hydrogen (secondary N) is 1. The minimum atomic E-state index is -0.133. The van der Waals surface area contributed by atoms with Crippen LogP contribution < -0.4 is 5.32 Å². The average molecular weight is 335 g/mol. The third kappa shape index (κ3) is 4.48. The molecule has 0 spiro atoms. The smallest absolute Gasteiger partial charge is 0.318 e. The molecule has 0 radical (unpaired) electrons. The number of rotatable bonds is 5. The molecule has 2 aromatic rings. The van der Waals surface area contributed by atoms with Gasteiger partial charge in [0.2, 0.25) is 0 Å². The van der Waals surface area contributed by atoms with E-state index in [4.69, 9.17) is 11.6 Å². The van der Waals surface area contributed by atoms with Crippen LogP contribution in [0, 0.1) is 5.92 Å². The van der Waals surface area contributed by atoms with Crippen LogP contribution in [0.25, 0.3) is 0 Å². The molecule has 0 unspecified atom stereocenters. The zero-order valence-electron chi connectivity index (χ0n) is 14.0. The third-order valence-corrected chi connectivity index (χ3v) is 3.98. The summed E-state index contributed by atoms with van der Waals surface area (Å²) in [6.07, 6.45) is 3.57. The third-order valence-electron chi connectivity index (χ3n) is 3.77. The van der Waals surface area contributed by atoms with E-state index < -0.39 is 0 Å². The number of carbonyl (C=O) groups excluding carboxylic acids is 1. The van der Waals surface area contributed by atoms with Gasteiger partial charge in [-0.25, -0.2) is 4.79 Å². The van der Waals surface area contributed by atoms with E-state index in [1.807, 2.05) is 42.1 Å². The van der Waals surface area contributed by atoms with Gasteiger partial charge in [-0.1, -0.05) is 31.5 Å². The van der Waals surface area contributed by atoms with Crippen molar-refractivity contribution in [2.45, 2.75) is 26.4 Å². The number of aromatic nitrogens is 2. The van der Waals surface area contributed by atoms with Crippen molar-refractivity contribution in [3.63, 3.8) is 0 Å². The molecular formula is C17H23ClN4O. The number of hydrogen-bond donors (Lipinski definition) is 1. The lowest BCUT2D eigenvalue weighted by Crippen LogP contribution is -2.41. The second kappa shape index (κ2) is 7.51. The second-order valence-electron chi connectivity index (χ2n) is 6.04. The average Bonchev–Trinajstić information content (AvgIpc) is 2.82. The fourth-order valence-corrected chi connectivity index (χ4v) is 2.70. The molecule has 1 N–H and O–H groups in total.